The molecule has 2 aromatic rings. The summed E-state index contributed by atoms with van der Waals surface area (Å²) in [6, 6.07) is 3.63. The van der Waals surface area contributed by atoms with Crippen molar-refractivity contribution in [2.75, 3.05) is 18.0 Å². The zero-order valence-electron chi connectivity index (χ0n) is 18.2. The van der Waals surface area contributed by atoms with Crippen LogP contribution >= 0.6 is 24.0 Å². The summed E-state index contributed by atoms with van der Waals surface area (Å²) in [5.41, 5.74) is 7.02. The first-order valence-corrected chi connectivity index (χ1v) is 11.7. The van der Waals surface area contributed by atoms with Gasteiger partial charge >= 0.3 is 0 Å². The lowest BCUT2D eigenvalue weighted by Crippen LogP contribution is -2.40. The van der Waals surface area contributed by atoms with Crippen molar-refractivity contribution in [3.05, 3.63) is 44.7 Å². The van der Waals surface area contributed by atoms with E-state index in [0.29, 0.717) is 52.2 Å². The van der Waals surface area contributed by atoms with Crippen molar-refractivity contribution < 1.29 is 9.59 Å². The molecule has 0 unspecified atom stereocenters. The highest BCUT2D eigenvalue weighted by Gasteiger charge is 2.35. The summed E-state index contributed by atoms with van der Waals surface area (Å²) in [7, 11) is 0. The molecule has 0 atom stereocenters. The Kier molecular flexibility index (Phi) is 6.09. The zero-order valence-corrected chi connectivity index (χ0v) is 19.8. The number of hydrogen-bond acceptors (Lipinski definition) is 7. The predicted molar refractivity (Wildman–Crippen MR) is 130 cm³/mol. The van der Waals surface area contributed by atoms with Crippen molar-refractivity contribution in [3.63, 3.8) is 0 Å². The van der Waals surface area contributed by atoms with Crippen LogP contribution in [-0.4, -0.2) is 49.6 Å². The Morgan fingerprint density at radius 3 is 2.56 bits per heavy atom. The minimum absolute atomic E-state index is 0.0702. The van der Waals surface area contributed by atoms with Crippen LogP contribution in [0.4, 0.5) is 5.82 Å². The van der Waals surface area contributed by atoms with Gasteiger partial charge in [0, 0.05) is 31.2 Å². The van der Waals surface area contributed by atoms with Crippen molar-refractivity contribution in [2.45, 2.75) is 39.7 Å². The van der Waals surface area contributed by atoms with Gasteiger partial charge in [-0.25, -0.2) is 4.98 Å². The zero-order chi connectivity index (χ0) is 23.2. The van der Waals surface area contributed by atoms with Gasteiger partial charge in [-0.1, -0.05) is 30.0 Å². The average molecular weight is 472 g/mol. The number of pyridine rings is 1. The maximum Gasteiger partial charge on any atom is 0.267 e. The molecule has 168 valence electrons. The molecule has 2 aliphatic heterocycles. The SMILES string of the molecule is Cc1ccc2nc(N3CCC(C(N)=O)CC3)c(C=C3SC(=S)N(C(C)C)C3=O)c(=O)n2c1. The highest BCUT2D eigenvalue weighted by molar-refractivity contribution is 8.26. The fourth-order valence-electron chi connectivity index (χ4n) is 4.05. The van der Waals surface area contributed by atoms with E-state index in [1.165, 1.54) is 16.2 Å². The first-order chi connectivity index (χ1) is 15.2. The highest BCUT2D eigenvalue weighted by atomic mass is 32.2. The van der Waals surface area contributed by atoms with Crippen LogP contribution in [0.1, 0.15) is 37.8 Å². The van der Waals surface area contributed by atoms with Gasteiger partial charge in [0.25, 0.3) is 11.5 Å². The summed E-state index contributed by atoms with van der Waals surface area (Å²) in [6.07, 6.45) is 4.55. The molecule has 10 heteroatoms. The molecule has 0 saturated carbocycles. The Balaban J connectivity index is 1.83. The van der Waals surface area contributed by atoms with Crippen molar-refractivity contribution in [2.24, 2.45) is 11.7 Å². The standard InChI is InChI=1S/C22H25N5O3S2/c1-12(2)27-21(30)16(32-22(27)31)10-15-19(25-8-6-14(7-9-25)18(23)28)24-17-5-4-13(3)11-26(17)20(15)29/h4-5,10-12,14H,6-9H2,1-3H3,(H2,23,28). The topological polar surface area (TPSA) is 101 Å². The molecule has 0 spiro atoms. The number of fused-ring (bicyclic) bond motifs is 1. The van der Waals surface area contributed by atoms with Gasteiger partial charge in [-0.3, -0.25) is 23.7 Å². The molecule has 32 heavy (non-hydrogen) atoms. The second-order valence-corrected chi connectivity index (χ2v) is 10.1. The average Bonchev–Trinajstić information content (AvgIpc) is 3.03. The molecule has 2 fully saturated rings. The second kappa shape index (κ2) is 8.67. The maximum atomic E-state index is 13.5. The molecule has 2 saturated heterocycles. The van der Waals surface area contributed by atoms with E-state index in [2.05, 4.69) is 0 Å². The van der Waals surface area contributed by atoms with Gasteiger partial charge in [-0.05, 0) is 51.3 Å². The van der Waals surface area contributed by atoms with E-state index in [4.69, 9.17) is 22.9 Å². The number of carbonyl (C=O) groups is 2. The molecule has 0 radical (unpaired) electrons. The van der Waals surface area contributed by atoms with E-state index in [1.54, 1.807) is 23.2 Å². The van der Waals surface area contributed by atoms with E-state index in [9.17, 15) is 14.4 Å². The van der Waals surface area contributed by atoms with Crippen LogP contribution in [0, 0.1) is 12.8 Å². The van der Waals surface area contributed by atoms with Gasteiger partial charge in [-0.15, -0.1) is 0 Å². The van der Waals surface area contributed by atoms with Gasteiger partial charge in [0.1, 0.15) is 15.8 Å². The predicted octanol–water partition coefficient (Wildman–Crippen LogP) is 2.31. The summed E-state index contributed by atoms with van der Waals surface area (Å²) in [5, 5.41) is 0. The van der Waals surface area contributed by atoms with Crippen molar-refractivity contribution in [3.8, 4) is 0 Å². The third kappa shape index (κ3) is 4.04. The number of thioether (sulfide) groups is 1. The summed E-state index contributed by atoms with van der Waals surface area (Å²) < 4.78 is 1.98. The van der Waals surface area contributed by atoms with E-state index >= 15 is 0 Å². The Morgan fingerprint density at radius 2 is 1.97 bits per heavy atom. The molecular weight excluding hydrogens is 446 g/mol. The number of nitrogens with two attached hydrogens (primary N) is 1. The van der Waals surface area contributed by atoms with Crippen LogP contribution in [-0.2, 0) is 9.59 Å². The Bertz CT molecular complexity index is 1210. The molecule has 8 nitrogen and oxygen atoms in total. The molecule has 0 aliphatic carbocycles. The summed E-state index contributed by atoms with van der Waals surface area (Å²) in [4.78, 5) is 46.8. The fraction of sp³-hybridized carbons (Fsp3) is 0.409. The van der Waals surface area contributed by atoms with E-state index in [0.717, 1.165) is 5.56 Å². The van der Waals surface area contributed by atoms with Gasteiger partial charge in [0.2, 0.25) is 5.91 Å². The quantitative estimate of drug-likeness (QED) is 0.539. The number of rotatable bonds is 4. The maximum absolute atomic E-state index is 13.5. The number of aromatic nitrogens is 2. The summed E-state index contributed by atoms with van der Waals surface area (Å²) in [5.74, 6) is -0.177. The second-order valence-electron chi connectivity index (χ2n) is 8.40. The van der Waals surface area contributed by atoms with Crippen molar-refractivity contribution in [1.29, 1.82) is 0 Å². The number of hydrogen-bond donors (Lipinski definition) is 1. The molecule has 2 aromatic heterocycles. The largest absolute Gasteiger partial charge is 0.369 e. The third-order valence-electron chi connectivity index (χ3n) is 5.80. The Morgan fingerprint density at radius 1 is 1.28 bits per heavy atom. The molecule has 0 aromatic carbocycles. The number of nitrogens with zero attached hydrogens (tertiary/aromatic N) is 4. The lowest BCUT2D eigenvalue weighted by atomic mass is 9.96. The fourth-order valence-corrected chi connectivity index (χ4v) is 5.55. The molecule has 0 bridgehead atoms. The highest BCUT2D eigenvalue weighted by Crippen LogP contribution is 2.35. The van der Waals surface area contributed by atoms with Crippen LogP contribution in [0.2, 0.25) is 0 Å². The molecule has 4 heterocycles. The number of amides is 2. The Hall–Kier alpha value is -2.72. The van der Waals surface area contributed by atoms with Gasteiger partial charge in [0.15, 0.2) is 0 Å². The number of primary amides is 1. The number of anilines is 1. The molecular formula is C22H25N5O3S2. The first-order valence-electron chi connectivity index (χ1n) is 10.5. The number of carbonyl (C=O) groups excluding carboxylic acids is 2. The summed E-state index contributed by atoms with van der Waals surface area (Å²) in [6.45, 7) is 6.81. The van der Waals surface area contributed by atoms with Crippen LogP contribution in [0.3, 0.4) is 0 Å². The third-order valence-corrected chi connectivity index (χ3v) is 7.13. The van der Waals surface area contributed by atoms with Crippen molar-refractivity contribution >= 4 is 57.7 Å². The number of aryl methyl sites for hydroxylation is 1. The van der Waals surface area contributed by atoms with E-state index in [-0.39, 0.29) is 29.3 Å². The monoisotopic (exact) mass is 471 g/mol. The van der Waals surface area contributed by atoms with Gasteiger partial charge in [-0.2, -0.15) is 0 Å². The molecule has 2 aliphatic rings. The van der Waals surface area contributed by atoms with E-state index in [1.807, 2.05) is 31.7 Å². The molecule has 4 rings (SSSR count). The minimum atomic E-state index is -0.302. The molecule has 2 N–H and O–H groups in total. The van der Waals surface area contributed by atoms with Crippen LogP contribution in [0.15, 0.2) is 28.0 Å². The summed E-state index contributed by atoms with van der Waals surface area (Å²) >= 11 is 6.58. The van der Waals surface area contributed by atoms with Crippen LogP contribution in [0.5, 0.6) is 0 Å². The lowest BCUT2D eigenvalue weighted by Gasteiger charge is -2.32. The number of piperidine rings is 1. The number of thiocarbonyl (C=S) groups is 1. The Labute approximate surface area is 195 Å². The van der Waals surface area contributed by atoms with Gasteiger partial charge < -0.3 is 10.6 Å². The lowest BCUT2D eigenvalue weighted by molar-refractivity contribution is -0.123. The normalized spacial score (nSPS) is 19.1. The van der Waals surface area contributed by atoms with Crippen molar-refractivity contribution in [1.82, 2.24) is 14.3 Å². The first kappa shape index (κ1) is 22.5. The molecule has 2 amide bonds. The van der Waals surface area contributed by atoms with Crippen LogP contribution in [0.25, 0.3) is 11.7 Å². The smallest absolute Gasteiger partial charge is 0.267 e. The van der Waals surface area contributed by atoms with Gasteiger partial charge in [0.05, 0.1) is 10.5 Å². The van der Waals surface area contributed by atoms with E-state index < -0.39 is 0 Å². The minimum Gasteiger partial charge on any atom is -0.369 e. The van der Waals surface area contributed by atoms with Crippen LogP contribution < -0.4 is 16.2 Å².